The van der Waals surface area contributed by atoms with Crippen molar-refractivity contribution in [1.82, 2.24) is 9.80 Å². The van der Waals surface area contributed by atoms with Gasteiger partial charge in [-0.15, -0.1) is 0 Å². The van der Waals surface area contributed by atoms with Gasteiger partial charge in [0.25, 0.3) is 0 Å². The summed E-state index contributed by atoms with van der Waals surface area (Å²) in [7, 11) is 0. The molecule has 0 N–H and O–H groups in total. The van der Waals surface area contributed by atoms with Gasteiger partial charge in [0, 0.05) is 42.3 Å². The summed E-state index contributed by atoms with van der Waals surface area (Å²) in [4.78, 5) is 16.9. The van der Waals surface area contributed by atoms with Crippen molar-refractivity contribution >= 4 is 17.4 Å². The number of carbonyl (C=O) groups excluding carboxylic acids is 1. The number of benzene rings is 3. The van der Waals surface area contributed by atoms with Crippen LogP contribution in [0.15, 0.2) is 78.9 Å². The first-order chi connectivity index (χ1) is 15.4. The summed E-state index contributed by atoms with van der Waals surface area (Å²) in [6.07, 6.45) is 0. The van der Waals surface area contributed by atoms with Crippen LogP contribution in [-0.2, 0) is 6.54 Å². The van der Waals surface area contributed by atoms with E-state index in [1.54, 1.807) is 6.92 Å². The quantitative estimate of drug-likeness (QED) is 0.419. The normalized spacial score (nSPS) is 20.8. The molecule has 3 atom stereocenters. The van der Waals surface area contributed by atoms with Crippen LogP contribution in [0.4, 0.5) is 0 Å². The predicted octanol–water partition coefficient (Wildman–Crippen LogP) is 6.23. The van der Waals surface area contributed by atoms with E-state index in [0.717, 1.165) is 30.2 Å². The second kappa shape index (κ2) is 9.99. The van der Waals surface area contributed by atoms with E-state index in [2.05, 4.69) is 78.2 Å². The van der Waals surface area contributed by atoms with Gasteiger partial charge in [-0.25, -0.2) is 0 Å². The summed E-state index contributed by atoms with van der Waals surface area (Å²) in [5, 5.41) is 0.779. The molecule has 1 heterocycles. The van der Waals surface area contributed by atoms with Crippen molar-refractivity contribution in [1.29, 1.82) is 0 Å². The summed E-state index contributed by atoms with van der Waals surface area (Å²) < 4.78 is 0. The average molecular weight is 447 g/mol. The smallest absolute Gasteiger partial charge is 0.159 e. The second-order valence-electron chi connectivity index (χ2n) is 8.94. The Morgan fingerprint density at radius 1 is 0.875 bits per heavy atom. The first-order valence-electron chi connectivity index (χ1n) is 11.3. The molecule has 3 nitrogen and oxygen atoms in total. The van der Waals surface area contributed by atoms with Crippen LogP contribution >= 0.6 is 11.6 Å². The van der Waals surface area contributed by atoms with Gasteiger partial charge in [-0.05, 0) is 49.6 Å². The number of nitrogens with zero attached hydrogens (tertiary/aromatic N) is 2. The Kier molecular flexibility index (Phi) is 7.10. The lowest BCUT2D eigenvalue weighted by molar-refractivity contribution is 0.0195. The highest BCUT2D eigenvalue weighted by atomic mass is 35.5. The van der Waals surface area contributed by atoms with Crippen LogP contribution in [-0.4, -0.2) is 40.8 Å². The topological polar surface area (TPSA) is 23.6 Å². The SMILES string of the molecule is CC(=O)c1ccc(C(c2ccccc2)N2C[C@@H](C)N(Cc3ccc(Cl)cc3)C[C@@H]2C)cc1. The molecule has 0 saturated carbocycles. The molecule has 0 spiro atoms. The van der Waals surface area contributed by atoms with Crippen molar-refractivity contribution in [3.8, 4) is 0 Å². The van der Waals surface area contributed by atoms with Crippen LogP contribution in [0.3, 0.4) is 0 Å². The van der Waals surface area contributed by atoms with Crippen molar-refractivity contribution in [3.63, 3.8) is 0 Å². The second-order valence-corrected chi connectivity index (χ2v) is 9.38. The molecule has 0 radical (unpaired) electrons. The number of carbonyl (C=O) groups is 1. The van der Waals surface area contributed by atoms with Gasteiger partial charge >= 0.3 is 0 Å². The Morgan fingerprint density at radius 3 is 2.12 bits per heavy atom. The largest absolute Gasteiger partial charge is 0.295 e. The molecule has 4 rings (SSSR count). The molecule has 0 amide bonds. The average Bonchev–Trinajstić information content (AvgIpc) is 2.80. The third-order valence-electron chi connectivity index (χ3n) is 6.54. The fourth-order valence-electron chi connectivity index (χ4n) is 4.74. The van der Waals surface area contributed by atoms with E-state index < -0.39 is 0 Å². The Bertz CT molecular complexity index is 1030. The maximum atomic E-state index is 11.8. The number of halogens is 1. The summed E-state index contributed by atoms with van der Waals surface area (Å²) >= 11 is 6.06. The van der Waals surface area contributed by atoms with Crippen molar-refractivity contribution in [2.75, 3.05) is 13.1 Å². The van der Waals surface area contributed by atoms with E-state index in [-0.39, 0.29) is 11.8 Å². The number of piperazine rings is 1. The van der Waals surface area contributed by atoms with Crippen molar-refractivity contribution in [2.45, 2.75) is 45.4 Å². The van der Waals surface area contributed by atoms with Crippen molar-refractivity contribution < 1.29 is 4.79 Å². The van der Waals surface area contributed by atoms with E-state index in [0.29, 0.717) is 12.1 Å². The van der Waals surface area contributed by atoms with Crippen LogP contribution in [0.2, 0.25) is 5.02 Å². The molecule has 3 aromatic rings. The molecule has 0 aliphatic carbocycles. The zero-order chi connectivity index (χ0) is 22.7. The van der Waals surface area contributed by atoms with Gasteiger partial charge in [0.1, 0.15) is 0 Å². The van der Waals surface area contributed by atoms with Crippen molar-refractivity contribution in [3.05, 3.63) is 106 Å². The van der Waals surface area contributed by atoms with Gasteiger partial charge in [-0.1, -0.05) is 78.3 Å². The number of hydrogen-bond acceptors (Lipinski definition) is 3. The molecule has 1 unspecified atom stereocenters. The maximum absolute atomic E-state index is 11.8. The molecule has 32 heavy (non-hydrogen) atoms. The van der Waals surface area contributed by atoms with Gasteiger partial charge in [0.2, 0.25) is 0 Å². The Labute approximate surface area is 196 Å². The minimum atomic E-state index is 0.102. The standard InChI is InChI=1S/C28H31ClN2O/c1-20-18-31(21(2)17-30(20)19-23-9-15-27(29)16-10-23)28(25-7-5-4-6-8-25)26-13-11-24(12-14-26)22(3)32/h4-16,20-21,28H,17-19H2,1-3H3/t20-,21+,28?/m1/s1. The minimum absolute atomic E-state index is 0.102. The lowest BCUT2D eigenvalue weighted by Crippen LogP contribution is -2.56. The highest BCUT2D eigenvalue weighted by Crippen LogP contribution is 2.33. The molecule has 1 fully saturated rings. The fourth-order valence-corrected chi connectivity index (χ4v) is 4.87. The summed E-state index contributed by atoms with van der Waals surface area (Å²) in [6.45, 7) is 9.16. The van der Waals surface area contributed by atoms with E-state index in [1.807, 2.05) is 24.3 Å². The zero-order valence-electron chi connectivity index (χ0n) is 19.0. The number of rotatable bonds is 6. The third-order valence-corrected chi connectivity index (χ3v) is 6.79. The van der Waals surface area contributed by atoms with Crippen LogP contribution in [0, 0.1) is 0 Å². The lowest BCUT2D eigenvalue weighted by Gasteiger charge is -2.47. The molecular weight excluding hydrogens is 416 g/mol. The molecule has 1 saturated heterocycles. The van der Waals surface area contributed by atoms with Gasteiger partial charge in [-0.3, -0.25) is 14.6 Å². The lowest BCUT2D eigenvalue weighted by atomic mass is 9.92. The Balaban J connectivity index is 1.59. The maximum Gasteiger partial charge on any atom is 0.159 e. The first-order valence-corrected chi connectivity index (χ1v) is 11.7. The predicted molar refractivity (Wildman–Crippen MR) is 132 cm³/mol. The number of Topliss-reactive ketones (excluding diaryl/α,β-unsaturated/α-hetero) is 1. The number of ketones is 1. The monoisotopic (exact) mass is 446 g/mol. The first kappa shape index (κ1) is 22.7. The van der Waals surface area contributed by atoms with E-state index >= 15 is 0 Å². The van der Waals surface area contributed by atoms with Gasteiger partial charge < -0.3 is 0 Å². The summed E-state index contributed by atoms with van der Waals surface area (Å²) in [5.41, 5.74) is 4.57. The van der Waals surface area contributed by atoms with Crippen molar-refractivity contribution in [2.24, 2.45) is 0 Å². The summed E-state index contributed by atoms with van der Waals surface area (Å²) in [6, 6.07) is 28.0. The third kappa shape index (κ3) is 5.12. The molecular formula is C28H31ClN2O. The molecule has 0 bridgehead atoms. The van der Waals surface area contributed by atoms with E-state index in [4.69, 9.17) is 11.6 Å². The van der Waals surface area contributed by atoms with Crippen LogP contribution < -0.4 is 0 Å². The highest BCUT2D eigenvalue weighted by molar-refractivity contribution is 6.30. The van der Waals surface area contributed by atoms with Crippen LogP contribution in [0.5, 0.6) is 0 Å². The van der Waals surface area contributed by atoms with Crippen LogP contribution in [0.25, 0.3) is 0 Å². The zero-order valence-corrected chi connectivity index (χ0v) is 19.8. The molecule has 1 aliphatic heterocycles. The van der Waals surface area contributed by atoms with E-state index in [1.165, 1.54) is 16.7 Å². The summed E-state index contributed by atoms with van der Waals surface area (Å²) in [5.74, 6) is 0.102. The molecule has 0 aromatic heterocycles. The van der Waals surface area contributed by atoms with Gasteiger partial charge in [0.15, 0.2) is 5.78 Å². The van der Waals surface area contributed by atoms with Gasteiger partial charge in [0.05, 0.1) is 6.04 Å². The minimum Gasteiger partial charge on any atom is -0.295 e. The molecule has 1 aliphatic rings. The molecule has 166 valence electrons. The molecule has 3 aromatic carbocycles. The Hall–Kier alpha value is -2.46. The number of hydrogen-bond donors (Lipinski definition) is 0. The Morgan fingerprint density at radius 2 is 1.50 bits per heavy atom. The highest BCUT2D eigenvalue weighted by Gasteiger charge is 2.34. The van der Waals surface area contributed by atoms with E-state index in [9.17, 15) is 4.79 Å². The van der Waals surface area contributed by atoms with Crippen LogP contribution in [0.1, 0.15) is 53.9 Å². The molecule has 4 heteroatoms. The van der Waals surface area contributed by atoms with Gasteiger partial charge in [-0.2, -0.15) is 0 Å². The fraction of sp³-hybridized carbons (Fsp3) is 0.321.